The predicted molar refractivity (Wildman–Crippen MR) is 80.8 cm³/mol. The molecule has 2 rings (SSSR count). The SMILES string of the molecule is CC(=O)Nc1cccc(NC(=O)C2CCCS(=O)(=O)C2)c1. The van der Waals surface area contributed by atoms with Crippen LogP contribution in [0.1, 0.15) is 19.8 Å². The van der Waals surface area contributed by atoms with E-state index in [4.69, 9.17) is 0 Å². The smallest absolute Gasteiger partial charge is 0.228 e. The third kappa shape index (κ3) is 4.56. The number of nitrogens with one attached hydrogen (secondary N) is 2. The molecule has 114 valence electrons. The second kappa shape index (κ2) is 6.26. The predicted octanol–water partition coefficient (Wildman–Crippen LogP) is 1.41. The van der Waals surface area contributed by atoms with E-state index < -0.39 is 15.8 Å². The Morgan fingerprint density at radius 1 is 1.19 bits per heavy atom. The van der Waals surface area contributed by atoms with Gasteiger partial charge in [0.25, 0.3) is 0 Å². The normalized spacial score (nSPS) is 20.5. The van der Waals surface area contributed by atoms with Crippen molar-refractivity contribution in [2.75, 3.05) is 22.1 Å². The summed E-state index contributed by atoms with van der Waals surface area (Å²) in [7, 11) is -3.11. The zero-order valence-corrected chi connectivity index (χ0v) is 12.6. The number of hydrogen-bond acceptors (Lipinski definition) is 4. The molecule has 7 heteroatoms. The van der Waals surface area contributed by atoms with Gasteiger partial charge in [-0.05, 0) is 31.0 Å². The first kappa shape index (κ1) is 15.5. The van der Waals surface area contributed by atoms with Crippen molar-refractivity contribution < 1.29 is 18.0 Å². The fraction of sp³-hybridized carbons (Fsp3) is 0.429. The van der Waals surface area contributed by atoms with Crippen molar-refractivity contribution in [2.24, 2.45) is 5.92 Å². The molecule has 1 aromatic carbocycles. The molecule has 2 N–H and O–H groups in total. The van der Waals surface area contributed by atoms with E-state index in [1.54, 1.807) is 24.3 Å². The molecule has 1 fully saturated rings. The van der Waals surface area contributed by atoms with Gasteiger partial charge in [-0.25, -0.2) is 8.42 Å². The van der Waals surface area contributed by atoms with Crippen molar-refractivity contribution in [3.8, 4) is 0 Å². The van der Waals surface area contributed by atoms with Crippen LogP contribution in [0.2, 0.25) is 0 Å². The van der Waals surface area contributed by atoms with E-state index in [9.17, 15) is 18.0 Å². The van der Waals surface area contributed by atoms with Gasteiger partial charge in [-0.1, -0.05) is 6.07 Å². The van der Waals surface area contributed by atoms with E-state index in [-0.39, 0.29) is 23.3 Å². The van der Waals surface area contributed by atoms with E-state index in [1.165, 1.54) is 6.92 Å². The van der Waals surface area contributed by atoms with Crippen LogP contribution in [0.5, 0.6) is 0 Å². The van der Waals surface area contributed by atoms with E-state index in [0.717, 1.165) is 0 Å². The quantitative estimate of drug-likeness (QED) is 0.883. The molecule has 1 aliphatic rings. The number of anilines is 2. The molecule has 0 aromatic heterocycles. The molecule has 1 unspecified atom stereocenters. The van der Waals surface area contributed by atoms with Crippen LogP contribution in [-0.2, 0) is 19.4 Å². The Hall–Kier alpha value is -1.89. The fourth-order valence-electron chi connectivity index (χ4n) is 2.35. The van der Waals surface area contributed by atoms with Gasteiger partial charge in [0.2, 0.25) is 11.8 Å². The summed E-state index contributed by atoms with van der Waals surface area (Å²) >= 11 is 0. The molecule has 2 amide bonds. The molecule has 1 aromatic rings. The van der Waals surface area contributed by atoms with Crippen molar-refractivity contribution in [3.63, 3.8) is 0 Å². The lowest BCUT2D eigenvalue weighted by molar-refractivity contribution is -0.119. The summed E-state index contributed by atoms with van der Waals surface area (Å²) in [6.45, 7) is 1.40. The first-order chi connectivity index (χ1) is 9.85. The Morgan fingerprint density at radius 2 is 1.86 bits per heavy atom. The number of rotatable bonds is 3. The molecule has 1 atom stereocenters. The summed E-state index contributed by atoms with van der Waals surface area (Å²) in [4.78, 5) is 23.1. The van der Waals surface area contributed by atoms with Crippen LogP contribution in [-0.4, -0.2) is 31.7 Å². The van der Waals surface area contributed by atoms with Crippen molar-refractivity contribution in [1.29, 1.82) is 0 Å². The summed E-state index contributed by atoms with van der Waals surface area (Å²) in [5.74, 6) is -0.929. The Kier molecular flexibility index (Phi) is 4.62. The van der Waals surface area contributed by atoms with Gasteiger partial charge in [-0.3, -0.25) is 9.59 Å². The van der Waals surface area contributed by atoms with Gasteiger partial charge in [0.05, 0.1) is 17.4 Å². The molecule has 1 heterocycles. The molecule has 0 aliphatic carbocycles. The number of sulfone groups is 1. The minimum Gasteiger partial charge on any atom is -0.326 e. The third-order valence-corrected chi connectivity index (χ3v) is 5.11. The van der Waals surface area contributed by atoms with Crippen LogP contribution >= 0.6 is 0 Å². The van der Waals surface area contributed by atoms with Gasteiger partial charge in [0.15, 0.2) is 9.84 Å². The Morgan fingerprint density at radius 3 is 2.48 bits per heavy atom. The summed E-state index contributed by atoms with van der Waals surface area (Å²) in [5, 5.41) is 5.33. The second-order valence-electron chi connectivity index (χ2n) is 5.20. The van der Waals surface area contributed by atoms with E-state index in [1.807, 2.05) is 0 Å². The average Bonchev–Trinajstić information content (AvgIpc) is 2.37. The van der Waals surface area contributed by atoms with Crippen LogP contribution in [0.3, 0.4) is 0 Å². The average molecular weight is 310 g/mol. The molecule has 1 saturated heterocycles. The van der Waals surface area contributed by atoms with Crippen LogP contribution in [0.4, 0.5) is 11.4 Å². The fourth-order valence-corrected chi connectivity index (χ4v) is 4.06. The van der Waals surface area contributed by atoms with Gasteiger partial charge in [-0.2, -0.15) is 0 Å². The number of hydrogen-bond donors (Lipinski definition) is 2. The topological polar surface area (TPSA) is 92.3 Å². The highest BCUT2D eigenvalue weighted by Crippen LogP contribution is 2.21. The maximum Gasteiger partial charge on any atom is 0.228 e. The van der Waals surface area contributed by atoms with Crippen molar-refractivity contribution in [3.05, 3.63) is 24.3 Å². The van der Waals surface area contributed by atoms with Crippen molar-refractivity contribution in [1.82, 2.24) is 0 Å². The van der Waals surface area contributed by atoms with Gasteiger partial charge in [0, 0.05) is 18.3 Å². The maximum absolute atomic E-state index is 12.1. The number of carbonyl (C=O) groups is 2. The lowest BCUT2D eigenvalue weighted by atomic mass is 10.0. The van der Waals surface area contributed by atoms with Crippen molar-refractivity contribution >= 4 is 33.0 Å². The van der Waals surface area contributed by atoms with Gasteiger partial charge in [0.1, 0.15) is 0 Å². The van der Waals surface area contributed by atoms with E-state index >= 15 is 0 Å². The highest BCUT2D eigenvalue weighted by molar-refractivity contribution is 7.91. The molecule has 0 spiro atoms. The van der Waals surface area contributed by atoms with Gasteiger partial charge >= 0.3 is 0 Å². The first-order valence-electron chi connectivity index (χ1n) is 6.75. The molecule has 0 bridgehead atoms. The largest absolute Gasteiger partial charge is 0.326 e. The molecular weight excluding hydrogens is 292 g/mol. The minimum atomic E-state index is -3.11. The van der Waals surface area contributed by atoms with Gasteiger partial charge < -0.3 is 10.6 Å². The zero-order chi connectivity index (χ0) is 15.5. The minimum absolute atomic E-state index is 0.0930. The molecule has 1 aliphatic heterocycles. The number of amides is 2. The Labute approximate surface area is 123 Å². The highest BCUT2D eigenvalue weighted by atomic mass is 32.2. The molecule has 21 heavy (non-hydrogen) atoms. The zero-order valence-electron chi connectivity index (χ0n) is 11.8. The second-order valence-corrected chi connectivity index (χ2v) is 7.43. The number of benzene rings is 1. The maximum atomic E-state index is 12.1. The summed E-state index contributed by atoms with van der Waals surface area (Å²) in [5.41, 5.74) is 1.12. The van der Waals surface area contributed by atoms with Gasteiger partial charge in [-0.15, -0.1) is 0 Å². The first-order valence-corrected chi connectivity index (χ1v) is 8.57. The monoisotopic (exact) mass is 310 g/mol. The van der Waals surface area contributed by atoms with Crippen LogP contribution in [0, 0.1) is 5.92 Å². The Balaban J connectivity index is 2.04. The van der Waals surface area contributed by atoms with E-state index in [0.29, 0.717) is 24.2 Å². The standard InChI is InChI=1S/C14H18N2O4S/c1-10(17)15-12-5-2-6-13(8-12)16-14(18)11-4-3-7-21(19,20)9-11/h2,5-6,8,11H,3-4,7,9H2,1H3,(H,15,17)(H,16,18). The van der Waals surface area contributed by atoms with Crippen molar-refractivity contribution in [2.45, 2.75) is 19.8 Å². The van der Waals surface area contributed by atoms with E-state index in [2.05, 4.69) is 10.6 Å². The third-order valence-electron chi connectivity index (χ3n) is 3.28. The van der Waals surface area contributed by atoms with Crippen LogP contribution in [0.15, 0.2) is 24.3 Å². The lowest BCUT2D eigenvalue weighted by Gasteiger charge is -2.21. The number of carbonyl (C=O) groups excluding carboxylic acids is 2. The summed E-state index contributed by atoms with van der Waals surface area (Å²) in [6, 6.07) is 6.75. The lowest BCUT2D eigenvalue weighted by Crippen LogP contribution is -2.34. The molecular formula is C14H18N2O4S. The summed E-state index contributed by atoms with van der Waals surface area (Å²) < 4.78 is 23.1. The molecule has 0 saturated carbocycles. The summed E-state index contributed by atoms with van der Waals surface area (Å²) in [6.07, 6.45) is 1.10. The highest BCUT2D eigenvalue weighted by Gasteiger charge is 2.29. The Bertz CT molecular complexity index is 655. The molecule has 0 radical (unpaired) electrons. The van der Waals surface area contributed by atoms with Crippen LogP contribution < -0.4 is 10.6 Å². The molecule has 6 nitrogen and oxygen atoms in total. The van der Waals surface area contributed by atoms with Crippen LogP contribution in [0.25, 0.3) is 0 Å².